The van der Waals surface area contributed by atoms with E-state index >= 15 is 0 Å². The van der Waals surface area contributed by atoms with Crippen LogP contribution in [-0.2, 0) is 0 Å². The van der Waals surface area contributed by atoms with Crippen molar-refractivity contribution in [2.45, 2.75) is 0 Å². The summed E-state index contributed by atoms with van der Waals surface area (Å²) in [5.74, 6) is 0.368. The monoisotopic (exact) mass is 177 g/mol. The number of rotatable bonds is 2. The van der Waals surface area contributed by atoms with E-state index in [1.54, 1.807) is 7.05 Å². The number of aliphatic imine (C=N–C) groups is 1. The van der Waals surface area contributed by atoms with Gasteiger partial charge in [0.25, 0.3) is 0 Å². The summed E-state index contributed by atoms with van der Waals surface area (Å²) >= 11 is 3.11. The molecule has 0 saturated carbocycles. The molecule has 0 unspecified atom stereocenters. The number of hydrogen-bond acceptors (Lipinski definition) is 3. The molecule has 0 aromatic rings. The zero-order chi connectivity index (χ0) is 6.57. The number of halogens is 1. The average Bonchev–Trinajstić information content (AvgIpc) is 1.84. The summed E-state index contributed by atoms with van der Waals surface area (Å²) < 4.78 is 0.660. The first-order valence-electron chi connectivity index (χ1n) is 2.02. The molecule has 0 aromatic heterocycles. The Balaban J connectivity index is 4.03. The van der Waals surface area contributed by atoms with Crippen LogP contribution in [-0.4, -0.2) is 13.8 Å². The molecule has 0 atom stereocenters. The van der Waals surface area contributed by atoms with Gasteiger partial charge in [0, 0.05) is 7.05 Å². The molecule has 0 radical (unpaired) electrons. The summed E-state index contributed by atoms with van der Waals surface area (Å²) in [6, 6.07) is 0. The molecule has 0 aliphatic carbocycles. The van der Waals surface area contributed by atoms with E-state index in [1.807, 2.05) is 0 Å². The average molecular weight is 178 g/mol. The topological polar surface area (TPSA) is 50.4 Å². The minimum Gasteiger partial charge on any atom is -0.382 e. The fraction of sp³-hybridized carbons (Fsp3) is 0.250. The van der Waals surface area contributed by atoms with Crippen molar-refractivity contribution in [1.82, 2.24) is 5.32 Å². The van der Waals surface area contributed by atoms with Crippen LogP contribution in [0.2, 0.25) is 0 Å². The maximum Gasteiger partial charge on any atom is 0.153 e. The number of nitrogens with one attached hydrogen (secondary N) is 1. The lowest BCUT2D eigenvalue weighted by Gasteiger charge is -1.96. The molecular weight excluding hydrogens is 170 g/mol. The number of nitrogens with zero attached hydrogens (tertiary/aromatic N) is 1. The Morgan fingerprint density at radius 1 is 1.88 bits per heavy atom. The molecule has 0 bridgehead atoms. The SMILES string of the molecule is C=N/C(N)=C(/Br)NC. The van der Waals surface area contributed by atoms with Gasteiger partial charge in [-0.3, -0.25) is 0 Å². The van der Waals surface area contributed by atoms with E-state index in [-0.39, 0.29) is 0 Å². The van der Waals surface area contributed by atoms with E-state index in [0.717, 1.165) is 0 Å². The van der Waals surface area contributed by atoms with Crippen molar-refractivity contribution in [2.24, 2.45) is 10.7 Å². The van der Waals surface area contributed by atoms with Gasteiger partial charge in [0.2, 0.25) is 0 Å². The second-order valence-corrected chi connectivity index (χ2v) is 1.90. The summed E-state index contributed by atoms with van der Waals surface area (Å²) in [4.78, 5) is 3.46. The minimum absolute atomic E-state index is 0.368. The first-order chi connectivity index (χ1) is 3.72. The van der Waals surface area contributed by atoms with Gasteiger partial charge in [-0.25, -0.2) is 4.99 Å². The van der Waals surface area contributed by atoms with Crippen molar-refractivity contribution in [3.63, 3.8) is 0 Å². The van der Waals surface area contributed by atoms with Crippen LogP contribution in [0.4, 0.5) is 0 Å². The summed E-state index contributed by atoms with van der Waals surface area (Å²) in [6.07, 6.45) is 0. The molecule has 0 aromatic carbocycles. The van der Waals surface area contributed by atoms with Gasteiger partial charge in [-0.1, -0.05) is 0 Å². The highest BCUT2D eigenvalue weighted by molar-refractivity contribution is 9.11. The fourth-order valence-corrected chi connectivity index (χ4v) is 0.323. The molecular formula is C4H8BrN3. The van der Waals surface area contributed by atoms with Gasteiger partial charge in [-0.15, -0.1) is 0 Å². The molecule has 8 heavy (non-hydrogen) atoms. The molecule has 0 rings (SSSR count). The Hall–Kier alpha value is -0.510. The van der Waals surface area contributed by atoms with E-state index in [4.69, 9.17) is 5.73 Å². The van der Waals surface area contributed by atoms with Crippen molar-refractivity contribution >= 4 is 22.6 Å². The van der Waals surface area contributed by atoms with Crippen LogP contribution in [0.1, 0.15) is 0 Å². The minimum atomic E-state index is 0.368. The summed E-state index contributed by atoms with van der Waals surface area (Å²) in [5, 5.41) is 2.75. The third-order valence-corrected chi connectivity index (χ3v) is 1.42. The normalized spacial score (nSPS) is 12.2. The second-order valence-electron chi connectivity index (χ2n) is 1.11. The second kappa shape index (κ2) is 3.49. The van der Waals surface area contributed by atoms with Gasteiger partial charge < -0.3 is 11.1 Å². The van der Waals surface area contributed by atoms with E-state index < -0.39 is 0 Å². The predicted octanol–water partition coefficient (Wildman–Crippen LogP) is 0.387. The van der Waals surface area contributed by atoms with Crippen molar-refractivity contribution < 1.29 is 0 Å². The van der Waals surface area contributed by atoms with Gasteiger partial charge in [-0.2, -0.15) is 0 Å². The zero-order valence-electron chi connectivity index (χ0n) is 4.61. The van der Waals surface area contributed by atoms with E-state index in [9.17, 15) is 0 Å². The maximum absolute atomic E-state index is 5.27. The fourth-order valence-electron chi connectivity index (χ4n) is 0.197. The van der Waals surface area contributed by atoms with Gasteiger partial charge in [-0.05, 0) is 22.6 Å². The Bertz CT molecular complexity index is 118. The van der Waals surface area contributed by atoms with Crippen molar-refractivity contribution in [2.75, 3.05) is 7.05 Å². The molecule has 46 valence electrons. The van der Waals surface area contributed by atoms with Crippen LogP contribution in [0.25, 0.3) is 0 Å². The van der Waals surface area contributed by atoms with Gasteiger partial charge in [0.15, 0.2) is 5.82 Å². The lowest BCUT2D eigenvalue weighted by molar-refractivity contribution is 1.03. The lowest BCUT2D eigenvalue weighted by Crippen LogP contribution is -2.07. The molecule has 0 aliphatic heterocycles. The van der Waals surface area contributed by atoms with Crippen molar-refractivity contribution in [1.29, 1.82) is 0 Å². The maximum atomic E-state index is 5.27. The Kier molecular flexibility index (Phi) is 3.26. The highest BCUT2D eigenvalue weighted by atomic mass is 79.9. The molecule has 0 spiro atoms. The van der Waals surface area contributed by atoms with Crippen LogP contribution in [0.15, 0.2) is 15.4 Å². The summed E-state index contributed by atoms with van der Waals surface area (Å²) in [5.41, 5.74) is 5.27. The smallest absolute Gasteiger partial charge is 0.153 e. The molecule has 0 heterocycles. The van der Waals surface area contributed by atoms with E-state index in [0.29, 0.717) is 10.4 Å². The molecule has 3 N–H and O–H groups in total. The van der Waals surface area contributed by atoms with E-state index in [2.05, 4.69) is 33.0 Å². The largest absolute Gasteiger partial charge is 0.382 e. The van der Waals surface area contributed by atoms with Gasteiger partial charge in [0.05, 0.1) is 0 Å². The quantitative estimate of drug-likeness (QED) is 0.474. The molecule has 0 aliphatic rings. The van der Waals surface area contributed by atoms with Gasteiger partial charge >= 0.3 is 0 Å². The van der Waals surface area contributed by atoms with Crippen LogP contribution in [0, 0.1) is 0 Å². The summed E-state index contributed by atoms with van der Waals surface area (Å²) in [7, 11) is 1.74. The summed E-state index contributed by atoms with van der Waals surface area (Å²) in [6.45, 7) is 3.23. The van der Waals surface area contributed by atoms with Crippen LogP contribution in [0.3, 0.4) is 0 Å². The molecule has 0 saturated heterocycles. The molecule has 3 nitrogen and oxygen atoms in total. The Morgan fingerprint density at radius 2 is 2.38 bits per heavy atom. The van der Waals surface area contributed by atoms with Crippen molar-refractivity contribution in [3.8, 4) is 0 Å². The van der Waals surface area contributed by atoms with Crippen LogP contribution < -0.4 is 11.1 Å². The predicted molar refractivity (Wildman–Crippen MR) is 38.7 cm³/mol. The zero-order valence-corrected chi connectivity index (χ0v) is 6.20. The highest BCUT2D eigenvalue weighted by Gasteiger charge is 1.89. The number of nitrogens with two attached hydrogens (primary N) is 1. The van der Waals surface area contributed by atoms with E-state index in [1.165, 1.54) is 0 Å². The Morgan fingerprint density at radius 3 is 2.50 bits per heavy atom. The third kappa shape index (κ3) is 1.97. The molecule has 4 heteroatoms. The van der Waals surface area contributed by atoms with Crippen LogP contribution >= 0.6 is 15.9 Å². The van der Waals surface area contributed by atoms with Crippen molar-refractivity contribution in [3.05, 3.63) is 10.4 Å². The number of hydrogen-bond donors (Lipinski definition) is 2. The van der Waals surface area contributed by atoms with Crippen LogP contribution in [0.5, 0.6) is 0 Å². The first kappa shape index (κ1) is 7.49. The Labute approximate surface area is 56.8 Å². The van der Waals surface area contributed by atoms with Gasteiger partial charge in [0.1, 0.15) is 4.61 Å². The third-order valence-electron chi connectivity index (χ3n) is 0.615. The standard InChI is InChI=1S/C4H8BrN3/c1-7-3(5)4(6)8-2/h7H,2,6H2,1H3/b4-3-. The molecule has 0 amide bonds. The molecule has 0 fully saturated rings. The first-order valence-corrected chi connectivity index (χ1v) is 2.81. The highest BCUT2D eigenvalue weighted by Crippen LogP contribution is 2.01. The lowest BCUT2D eigenvalue weighted by atomic mass is 10.8.